The molecule has 0 aliphatic heterocycles. The van der Waals surface area contributed by atoms with E-state index in [-0.39, 0.29) is 5.78 Å². The summed E-state index contributed by atoms with van der Waals surface area (Å²) in [6.07, 6.45) is -0.915. The van der Waals surface area contributed by atoms with Crippen LogP contribution in [-0.2, 0) is 4.74 Å². The van der Waals surface area contributed by atoms with Crippen molar-refractivity contribution in [2.24, 2.45) is 0 Å². The van der Waals surface area contributed by atoms with Crippen molar-refractivity contribution in [3.63, 3.8) is 0 Å². The number of esters is 1. The Balaban J connectivity index is 1.59. The lowest BCUT2D eigenvalue weighted by Crippen LogP contribution is -2.25. The summed E-state index contributed by atoms with van der Waals surface area (Å²) in [5, 5.41) is 0.824. The van der Waals surface area contributed by atoms with Crippen LogP contribution in [0.25, 0.3) is 21.9 Å². The standard InChI is InChI=1S/C23H21N3O3/c1-12-13(2)25-20-11-16(9-10-19(20)24-12)23(28)29-15(4)22(27)21-14(3)26-18-8-6-5-7-17(18)21/h5-11,15,26H,1-4H3. The summed E-state index contributed by atoms with van der Waals surface area (Å²) in [5.74, 6) is -0.800. The van der Waals surface area contributed by atoms with Gasteiger partial charge in [0.25, 0.3) is 0 Å². The number of hydrogen-bond donors (Lipinski definition) is 1. The number of nitrogens with one attached hydrogen (secondary N) is 1. The van der Waals surface area contributed by atoms with Crippen LogP contribution in [0.4, 0.5) is 0 Å². The molecule has 4 aromatic rings. The zero-order valence-corrected chi connectivity index (χ0v) is 16.7. The van der Waals surface area contributed by atoms with Crippen LogP contribution in [0.5, 0.6) is 0 Å². The quantitative estimate of drug-likeness (QED) is 0.413. The topological polar surface area (TPSA) is 84.9 Å². The number of para-hydroxylation sites is 1. The van der Waals surface area contributed by atoms with Crippen molar-refractivity contribution in [2.45, 2.75) is 33.8 Å². The minimum absolute atomic E-state index is 0.236. The van der Waals surface area contributed by atoms with Crippen LogP contribution >= 0.6 is 0 Å². The first-order valence-electron chi connectivity index (χ1n) is 9.42. The Morgan fingerprint density at radius 3 is 2.41 bits per heavy atom. The fourth-order valence-corrected chi connectivity index (χ4v) is 3.44. The van der Waals surface area contributed by atoms with Gasteiger partial charge in [-0.1, -0.05) is 18.2 Å². The summed E-state index contributed by atoms with van der Waals surface area (Å²) in [6, 6.07) is 12.6. The van der Waals surface area contributed by atoms with Crippen LogP contribution in [-0.4, -0.2) is 32.8 Å². The maximum Gasteiger partial charge on any atom is 0.338 e. The highest BCUT2D eigenvalue weighted by Gasteiger charge is 2.25. The van der Waals surface area contributed by atoms with E-state index in [0.29, 0.717) is 22.2 Å². The van der Waals surface area contributed by atoms with Crippen LogP contribution in [0, 0.1) is 20.8 Å². The maximum atomic E-state index is 13.0. The number of carbonyl (C=O) groups excluding carboxylic acids is 2. The Kier molecular flexibility index (Phi) is 4.62. The third kappa shape index (κ3) is 3.38. The SMILES string of the molecule is Cc1nc2ccc(C(=O)OC(C)C(=O)c3c(C)[nH]c4ccccc34)cc2nc1C. The van der Waals surface area contributed by atoms with E-state index in [1.54, 1.807) is 25.1 Å². The molecule has 0 aliphatic carbocycles. The van der Waals surface area contributed by atoms with Crippen molar-refractivity contribution in [1.29, 1.82) is 0 Å². The smallest absolute Gasteiger partial charge is 0.338 e. The minimum Gasteiger partial charge on any atom is -0.451 e. The van der Waals surface area contributed by atoms with E-state index in [4.69, 9.17) is 4.74 Å². The van der Waals surface area contributed by atoms with Crippen LogP contribution < -0.4 is 0 Å². The van der Waals surface area contributed by atoms with Crippen LogP contribution in [0.1, 0.15) is 44.7 Å². The monoisotopic (exact) mass is 387 g/mol. The van der Waals surface area contributed by atoms with E-state index >= 15 is 0 Å². The Labute approximate surface area is 167 Å². The molecule has 0 spiro atoms. The summed E-state index contributed by atoms with van der Waals surface area (Å²) in [4.78, 5) is 37.8. The zero-order valence-electron chi connectivity index (χ0n) is 16.7. The Hall–Kier alpha value is -3.54. The number of aromatic nitrogens is 3. The van der Waals surface area contributed by atoms with Crippen LogP contribution in [0.2, 0.25) is 0 Å². The molecule has 0 saturated carbocycles. The molecule has 6 nitrogen and oxygen atoms in total. The van der Waals surface area contributed by atoms with Gasteiger partial charge in [0.15, 0.2) is 6.10 Å². The lowest BCUT2D eigenvalue weighted by atomic mass is 10.0. The number of Topliss-reactive ketones (excluding diaryl/α,β-unsaturated/α-hetero) is 1. The van der Waals surface area contributed by atoms with Crippen LogP contribution in [0.3, 0.4) is 0 Å². The van der Waals surface area contributed by atoms with Crippen LogP contribution in [0.15, 0.2) is 42.5 Å². The van der Waals surface area contributed by atoms with Gasteiger partial charge in [-0.2, -0.15) is 0 Å². The first kappa shape index (κ1) is 18.8. The van der Waals surface area contributed by atoms with Crippen molar-refractivity contribution in [3.05, 3.63) is 70.7 Å². The molecule has 146 valence electrons. The fourth-order valence-electron chi connectivity index (χ4n) is 3.44. The predicted octanol–water partition coefficient (Wildman–Crippen LogP) is 4.46. The van der Waals surface area contributed by atoms with Gasteiger partial charge in [0.05, 0.1) is 28.0 Å². The summed E-state index contributed by atoms with van der Waals surface area (Å²) in [6.45, 7) is 7.20. The summed E-state index contributed by atoms with van der Waals surface area (Å²) < 4.78 is 5.48. The number of aryl methyl sites for hydroxylation is 3. The van der Waals surface area contributed by atoms with E-state index in [1.165, 1.54) is 0 Å². The van der Waals surface area contributed by atoms with E-state index in [0.717, 1.165) is 28.0 Å². The lowest BCUT2D eigenvalue weighted by Gasteiger charge is -2.13. The second-order valence-corrected chi connectivity index (χ2v) is 7.18. The summed E-state index contributed by atoms with van der Waals surface area (Å²) >= 11 is 0. The molecule has 0 amide bonds. The number of nitrogens with zero attached hydrogens (tertiary/aromatic N) is 2. The number of H-pyrrole nitrogens is 1. The second kappa shape index (κ2) is 7.13. The van der Waals surface area contributed by atoms with Gasteiger partial charge in [-0.25, -0.2) is 14.8 Å². The maximum absolute atomic E-state index is 13.0. The van der Waals surface area contributed by atoms with Crippen molar-refractivity contribution in [3.8, 4) is 0 Å². The average molecular weight is 387 g/mol. The molecule has 0 aliphatic rings. The third-order valence-electron chi connectivity index (χ3n) is 5.10. The molecular weight excluding hydrogens is 366 g/mol. The van der Waals surface area contributed by atoms with E-state index < -0.39 is 12.1 Å². The number of hydrogen-bond acceptors (Lipinski definition) is 5. The second-order valence-electron chi connectivity index (χ2n) is 7.18. The molecule has 0 fully saturated rings. The molecule has 29 heavy (non-hydrogen) atoms. The van der Waals surface area contributed by atoms with Gasteiger partial charge in [0, 0.05) is 22.2 Å². The number of ketones is 1. The Morgan fingerprint density at radius 1 is 0.966 bits per heavy atom. The molecule has 1 unspecified atom stereocenters. The number of aromatic amines is 1. The number of rotatable bonds is 4. The van der Waals surface area contributed by atoms with E-state index in [2.05, 4.69) is 15.0 Å². The van der Waals surface area contributed by atoms with Gasteiger partial charge in [0.1, 0.15) is 0 Å². The molecule has 2 aromatic carbocycles. The average Bonchev–Trinajstić information content (AvgIpc) is 3.03. The summed E-state index contributed by atoms with van der Waals surface area (Å²) in [5.41, 5.74) is 5.51. The number of benzene rings is 2. The molecule has 0 saturated heterocycles. The zero-order chi connectivity index (χ0) is 20.7. The first-order valence-corrected chi connectivity index (χ1v) is 9.42. The van der Waals surface area contributed by atoms with E-state index in [1.807, 2.05) is 45.0 Å². The molecular formula is C23H21N3O3. The molecule has 1 atom stereocenters. The molecule has 1 N–H and O–H groups in total. The number of carbonyl (C=O) groups is 2. The van der Waals surface area contributed by atoms with Crippen molar-refractivity contribution in [2.75, 3.05) is 0 Å². The van der Waals surface area contributed by atoms with Crippen molar-refractivity contribution in [1.82, 2.24) is 15.0 Å². The van der Waals surface area contributed by atoms with Crippen molar-refractivity contribution >= 4 is 33.7 Å². The highest BCUT2D eigenvalue weighted by Crippen LogP contribution is 2.24. The molecule has 0 radical (unpaired) electrons. The fraction of sp³-hybridized carbons (Fsp3) is 0.217. The molecule has 2 heterocycles. The van der Waals surface area contributed by atoms with Gasteiger partial charge < -0.3 is 9.72 Å². The Morgan fingerprint density at radius 2 is 1.66 bits per heavy atom. The minimum atomic E-state index is -0.915. The van der Waals surface area contributed by atoms with Crippen molar-refractivity contribution < 1.29 is 14.3 Å². The molecule has 4 rings (SSSR count). The first-order chi connectivity index (χ1) is 13.8. The summed E-state index contributed by atoms with van der Waals surface area (Å²) in [7, 11) is 0. The van der Waals surface area contributed by atoms with Gasteiger partial charge in [-0.3, -0.25) is 4.79 Å². The molecule has 2 aromatic heterocycles. The van der Waals surface area contributed by atoms with E-state index in [9.17, 15) is 9.59 Å². The van der Waals surface area contributed by atoms with Gasteiger partial charge in [-0.05, 0) is 52.0 Å². The van der Waals surface area contributed by atoms with Gasteiger partial charge >= 0.3 is 5.97 Å². The number of ether oxygens (including phenoxy) is 1. The lowest BCUT2D eigenvalue weighted by molar-refractivity contribution is 0.0319. The highest BCUT2D eigenvalue weighted by molar-refractivity contribution is 6.11. The largest absolute Gasteiger partial charge is 0.451 e. The van der Waals surface area contributed by atoms with Gasteiger partial charge in [-0.15, -0.1) is 0 Å². The Bertz CT molecular complexity index is 1270. The number of fused-ring (bicyclic) bond motifs is 2. The molecule has 6 heteroatoms. The molecule has 0 bridgehead atoms. The third-order valence-corrected chi connectivity index (χ3v) is 5.10. The van der Waals surface area contributed by atoms with Gasteiger partial charge in [0.2, 0.25) is 5.78 Å². The highest BCUT2D eigenvalue weighted by atomic mass is 16.5. The predicted molar refractivity (Wildman–Crippen MR) is 111 cm³/mol. The normalized spacial score (nSPS) is 12.3.